The molecule has 0 saturated carbocycles. The molecule has 2 aromatic carbocycles. The maximum absolute atomic E-state index is 12.5. The largest absolute Gasteiger partial charge is 0.369 e. The molecule has 28 heavy (non-hydrogen) atoms. The normalized spacial score (nSPS) is 14.8. The van der Waals surface area contributed by atoms with Crippen molar-refractivity contribution >= 4 is 17.3 Å². The topological polar surface area (TPSA) is 53.4 Å². The third-order valence-corrected chi connectivity index (χ3v) is 5.13. The van der Waals surface area contributed by atoms with Crippen molar-refractivity contribution in [1.29, 1.82) is 0 Å². The number of nitrogens with one attached hydrogen (secondary N) is 1. The van der Waals surface area contributed by atoms with Gasteiger partial charge in [0.15, 0.2) is 0 Å². The lowest BCUT2D eigenvalue weighted by atomic mass is 10.1. The third-order valence-electron chi connectivity index (χ3n) is 5.13. The van der Waals surface area contributed by atoms with Crippen LogP contribution in [0.3, 0.4) is 0 Å². The molecule has 0 bridgehead atoms. The molecule has 1 aliphatic rings. The molecule has 1 N–H and O–H groups in total. The Hall–Kier alpha value is -3.12. The summed E-state index contributed by atoms with van der Waals surface area (Å²) in [7, 11) is 2.15. The van der Waals surface area contributed by atoms with Crippen LogP contribution in [-0.4, -0.2) is 53.6 Å². The molecule has 0 radical (unpaired) electrons. The van der Waals surface area contributed by atoms with E-state index in [1.54, 1.807) is 12.5 Å². The summed E-state index contributed by atoms with van der Waals surface area (Å²) in [4.78, 5) is 21.3. The smallest absolute Gasteiger partial charge is 0.255 e. The minimum Gasteiger partial charge on any atom is -0.369 e. The molecule has 6 nitrogen and oxygen atoms in total. The van der Waals surface area contributed by atoms with E-state index in [4.69, 9.17) is 0 Å². The fourth-order valence-corrected chi connectivity index (χ4v) is 3.38. The van der Waals surface area contributed by atoms with Crippen LogP contribution in [0.2, 0.25) is 0 Å². The molecule has 144 valence electrons. The Morgan fingerprint density at radius 2 is 1.71 bits per heavy atom. The highest BCUT2D eigenvalue weighted by Crippen LogP contribution is 2.20. The molecular formula is C22H25N5O. The number of imidazole rings is 1. The van der Waals surface area contributed by atoms with Gasteiger partial charge in [-0.25, -0.2) is 4.98 Å². The van der Waals surface area contributed by atoms with E-state index < -0.39 is 0 Å². The van der Waals surface area contributed by atoms with E-state index in [0.29, 0.717) is 5.56 Å². The van der Waals surface area contributed by atoms with E-state index in [2.05, 4.69) is 39.3 Å². The zero-order chi connectivity index (χ0) is 19.3. The van der Waals surface area contributed by atoms with Gasteiger partial charge in [0.1, 0.15) is 0 Å². The number of amides is 1. The number of rotatable bonds is 5. The highest BCUT2D eigenvalue weighted by molar-refractivity contribution is 6.04. The second kappa shape index (κ2) is 8.27. The van der Waals surface area contributed by atoms with E-state index in [1.165, 1.54) is 5.69 Å². The van der Waals surface area contributed by atoms with Crippen LogP contribution in [0.4, 0.5) is 11.4 Å². The maximum atomic E-state index is 12.5. The van der Waals surface area contributed by atoms with Gasteiger partial charge >= 0.3 is 0 Å². The molecule has 0 unspecified atom stereocenters. The van der Waals surface area contributed by atoms with Crippen LogP contribution < -0.4 is 10.2 Å². The SMILES string of the molecule is CN1CCN(c2ccc(NC(=O)c3ccc(Cn4ccnc4)cc3)cc2)CC1. The summed E-state index contributed by atoms with van der Waals surface area (Å²) in [5, 5.41) is 2.98. The molecule has 0 aliphatic carbocycles. The Balaban J connectivity index is 1.35. The van der Waals surface area contributed by atoms with Crippen molar-refractivity contribution in [2.24, 2.45) is 0 Å². The zero-order valence-corrected chi connectivity index (χ0v) is 16.1. The summed E-state index contributed by atoms with van der Waals surface area (Å²) in [6.07, 6.45) is 5.47. The number of piperazine rings is 1. The van der Waals surface area contributed by atoms with Crippen LogP contribution in [0, 0.1) is 0 Å². The van der Waals surface area contributed by atoms with Gasteiger partial charge in [0.2, 0.25) is 0 Å². The molecule has 2 heterocycles. The Morgan fingerprint density at radius 3 is 2.36 bits per heavy atom. The number of hydrogen-bond donors (Lipinski definition) is 1. The Kier molecular flexibility index (Phi) is 5.39. The van der Waals surface area contributed by atoms with Gasteiger partial charge in [-0.2, -0.15) is 0 Å². The highest BCUT2D eigenvalue weighted by atomic mass is 16.1. The number of aromatic nitrogens is 2. The molecule has 4 rings (SSSR count). The number of likely N-dealkylation sites (N-methyl/N-ethyl adjacent to an activating group) is 1. The lowest BCUT2D eigenvalue weighted by molar-refractivity contribution is 0.102. The van der Waals surface area contributed by atoms with Crippen LogP contribution in [0.25, 0.3) is 0 Å². The molecule has 3 aromatic rings. The quantitative estimate of drug-likeness (QED) is 0.745. The molecule has 6 heteroatoms. The summed E-state index contributed by atoms with van der Waals surface area (Å²) in [5.74, 6) is -0.0958. The van der Waals surface area contributed by atoms with Gasteiger partial charge in [-0.3, -0.25) is 4.79 Å². The summed E-state index contributed by atoms with van der Waals surface area (Å²) >= 11 is 0. The van der Waals surface area contributed by atoms with E-state index in [9.17, 15) is 4.79 Å². The monoisotopic (exact) mass is 375 g/mol. The first kappa shape index (κ1) is 18.3. The number of benzene rings is 2. The van der Waals surface area contributed by atoms with E-state index in [1.807, 2.05) is 47.2 Å². The Labute approximate surface area is 165 Å². The lowest BCUT2D eigenvalue weighted by Crippen LogP contribution is -2.44. The number of carbonyl (C=O) groups excluding carboxylic acids is 1. The van der Waals surface area contributed by atoms with Gasteiger partial charge in [0.05, 0.1) is 6.33 Å². The maximum Gasteiger partial charge on any atom is 0.255 e. The van der Waals surface area contributed by atoms with Crippen molar-refractivity contribution < 1.29 is 4.79 Å². The van der Waals surface area contributed by atoms with Crippen molar-refractivity contribution in [1.82, 2.24) is 14.5 Å². The molecule has 0 spiro atoms. The van der Waals surface area contributed by atoms with Gasteiger partial charge < -0.3 is 19.7 Å². The van der Waals surface area contributed by atoms with Crippen LogP contribution >= 0.6 is 0 Å². The van der Waals surface area contributed by atoms with E-state index in [-0.39, 0.29) is 5.91 Å². The summed E-state index contributed by atoms with van der Waals surface area (Å²) in [6.45, 7) is 4.97. The van der Waals surface area contributed by atoms with Crippen molar-refractivity contribution in [3.05, 3.63) is 78.4 Å². The molecule has 1 aromatic heterocycles. The van der Waals surface area contributed by atoms with Crippen molar-refractivity contribution in [2.45, 2.75) is 6.54 Å². The van der Waals surface area contributed by atoms with Crippen molar-refractivity contribution in [2.75, 3.05) is 43.4 Å². The first-order chi connectivity index (χ1) is 13.7. The first-order valence-corrected chi connectivity index (χ1v) is 9.57. The van der Waals surface area contributed by atoms with Gasteiger partial charge in [0.25, 0.3) is 5.91 Å². The van der Waals surface area contributed by atoms with Crippen molar-refractivity contribution in [3.63, 3.8) is 0 Å². The summed E-state index contributed by atoms with van der Waals surface area (Å²) in [5.41, 5.74) is 3.80. The minimum absolute atomic E-state index is 0.0958. The van der Waals surface area contributed by atoms with Gasteiger partial charge in [-0.1, -0.05) is 12.1 Å². The second-order valence-corrected chi connectivity index (χ2v) is 7.22. The fraction of sp³-hybridized carbons (Fsp3) is 0.273. The van der Waals surface area contributed by atoms with Crippen LogP contribution in [-0.2, 0) is 6.54 Å². The summed E-state index contributed by atoms with van der Waals surface area (Å²) < 4.78 is 2.00. The second-order valence-electron chi connectivity index (χ2n) is 7.22. The number of anilines is 2. The van der Waals surface area contributed by atoms with E-state index >= 15 is 0 Å². The molecule has 1 fully saturated rings. The molecule has 1 amide bonds. The predicted molar refractivity (Wildman–Crippen MR) is 112 cm³/mol. The fourth-order valence-electron chi connectivity index (χ4n) is 3.38. The standard InChI is InChI=1S/C22H25N5O/c1-25-12-14-27(15-13-25)21-8-6-20(7-9-21)24-22(28)19-4-2-18(3-5-19)16-26-11-10-23-17-26/h2-11,17H,12-16H2,1H3,(H,24,28). The molecular weight excluding hydrogens is 350 g/mol. The van der Waals surface area contributed by atoms with Crippen LogP contribution in [0.1, 0.15) is 15.9 Å². The number of carbonyl (C=O) groups is 1. The molecule has 1 aliphatic heterocycles. The number of hydrogen-bond acceptors (Lipinski definition) is 4. The third kappa shape index (κ3) is 4.40. The first-order valence-electron chi connectivity index (χ1n) is 9.57. The summed E-state index contributed by atoms with van der Waals surface area (Å²) in [6, 6.07) is 15.8. The van der Waals surface area contributed by atoms with Gasteiger partial charge in [-0.15, -0.1) is 0 Å². The Bertz CT molecular complexity index is 895. The molecule has 0 atom stereocenters. The average Bonchev–Trinajstić information content (AvgIpc) is 3.23. The van der Waals surface area contributed by atoms with Gasteiger partial charge in [-0.05, 0) is 49.0 Å². The minimum atomic E-state index is -0.0958. The van der Waals surface area contributed by atoms with Crippen LogP contribution in [0.15, 0.2) is 67.3 Å². The number of nitrogens with zero attached hydrogens (tertiary/aromatic N) is 4. The Morgan fingerprint density at radius 1 is 1.00 bits per heavy atom. The predicted octanol–water partition coefficient (Wildman–Crippen LogP) is 2.94. The zero-order valence-electron chi connectivity index (χ0n) is 16.1. The molecule has 1 saturated heterocycles. The lowest BCUT2D eigenvalue weighted by Gasteiger charge is -2.34. The van der Waals surface area contributed by atoms with Crippen LogP contribution in [0.5, 0.6) is 0 Å². The average molecular weight is 375 g/mol. The van der Waals surface area contributed by atoms with E-state index in [0.717, 1.165) is 44.0 Å². The van der Waals surface area contributed by atoms with Gasteiger partial charge in [0, 0.05) is 62.1 Å². The highest BCUT2D eigenvalue weighted by Gasteiger charge is 2.14. The van der Waals surface area contributed by atoms with Crippen molar-refractivity contribution in [3.8, 4) is 0 Å².